The predicted molar refractivity (Wildman–Crippen MR) is 87.5 cm³/mol. The first-order chi connectivity index (χ1) is 10.6. The van der Waals surface area contributed by atoms with E-state index in [1.165, 1.54) is 0 Å². The molecule has 0 aliphatic rings. The second-order valence-corrected chi connectivity index (χ2v) is 5.77. The Kier molecular flexibility index (Phi) is 5.61. The van der Waals surface area contributed by atoms with E-state index in [9.17, 15) is 9.90 Å². The monoisotopic (exact) mass is 304 g/mol. The molecule has 4 heteroatoms. The molecule has 0 saturated heterocycles. The second-order valence-electron chi connectivity index (χ2n) is 5.77. The number of hydrogen-bond acceptors (Lipinski definition) is 4. The van der Waals surface area contributed by atoms with Gasteiger partial charge in [0.05, 0.1) is 5.39 Å². The lowest BCUT2D eigenvalue weighted by Gasteiger charge is -2.10. The van der Waals surface area contributed by atoms with E-state index in [1.807, 2.05) is 13.0 Å². The number of aromatic hydroxyl groups is 1. The van der Waals surface area contributed by atoms with Crippen LogP contribution >= 0.6 is 0 Å². The van der Waals surface area contributed by atoms with E-state index in [0.29, 0.717) is 29.4 Å². The molecule has 1 heterocycles. The Morgan fingerprint density at radius 2 is 1.91 bits per heavy atom. The lowest BCUT2D eigenvalue weighted by Crippen LogP contribution is -2.11. The molecule has 2 N–H and O–H groups in total. The third-order valence-corrected chi connectivity index (χ3v) is 4.07. The van der Waals surface area contributed by atoms with Crippen molar-refractivity contribution in [2.45, 2.75) is 52.4 Å². The van der Waals surface area contributed by atoms with E-state index >= 15 is 0 Å². The predicted octanol–water partition coefficient (Wildman–Crippen LogP) is 3.46. The molecule has 0 aliphatic heterocycles. The highest BCUT2D eigenvalue weighted by Crippen LogP contribution is 2.31. The van der Waals surface area contributed by atoms with Crippen LogP contribution in [0.1, 0.15) is 49.3 Å². The molecule has 0 atom stereocenters. The van der Waals surface area contributed by atoms with Gasteiger partial charge in [0.25, 0.3) is 0 Å². The van der Waals surface area contributed by atoms with E-state index in [2.05, 4.69) is 6.92 Å². The lowest BCUT2D eigenvalue weighted by molar-refractivity contribution is 0.288. The van der Waals surface area contributed by atoms with Crippen LogP contribution in [-0.2, 0) is 12.8 Å². The van der Waals surface area contributed by atoms with Gasteiger partial charge in [0.2, 0.25) is 0 Å². The highest BCUT2D eigenvalue weighted by atomic mass is 16.4. The van der Waals surface area contributed by atoms with Crippen molar-refractivity contribution in [3.63, 3.8) is 0 Å². The molecule has 2 rings (SSSR count). The number of hydrogen-bond donors (Lipinski definition) is 2. The minimum absolute atomic E-state index is 0.0270. The average Bonchev–Trinajstić information content (AvgIpc) is 2.46. The van der Waals surface area contributed by atoms with Crippen LogP contribution in [0.2, 0.25) is 0 Å². The maximum atomic E-state index is 12.1. The van der Waals surface area contributed by atoms with E-state index < -0.39 is 0 Å². The molecule has 1 aromatic carbocycles. The molecule has 0 unspecified atom stereocenters. The van der Waals surface area contributed by atoms with Gasteiger partial charge in [-0.2, -0.15) is 0 Å². The zero-order valence-corrected chi connectivity index (χ0v) is 13.3. The molecule has 0 saturated carbocycles. The maximum Gasteiger partial charge on any atom is 0.339 e. The Morgan fingerprint density at radius 1 is 1.14 bits per heavy atom. The quantitative estimate of drug-likeness (QED) is 0.607. The summed E-state index contributed by atoms with van der Waals surface area (Å²) in [5.41, 5.74) is 2.35. The van der Waals surface area contributed by atoms with Gasteiger partial charge in [-0.15, -0.1) is 0 Å². The van der Waals surface area contributed by atoms with Crippen LogP contribution in [0.15, 0.2) is 21.3 Å². The lowest BCUT2D eigenvalue weighted by atomic mass is 9.99. The Hall–Kier alpha value is -1.81. The van der Waals surface area contributed by atoms with Gasteiger partial charge >= 0.3 is 5.63 Å². The fourth-order valence-electron chi connectivity index (χ4n) is 2.85. The first-order valence-corrected chi connectivity index (χ1v) is 7.97. The van der Waals surface area contributed by atoms with Gasteiger partial charge in [-0.05, 0) is 55.9 Å². The summed E-state index contributed by atoms with van der Waals surface area (Å²) < 4.78 is 5.40. The van der Waals surface area contributed by atoms with Crippen molar-refractivity contribution in [2.24, 2.45) is 0 Å². The summed E-state index contributed by atoms with van der Waals surface area (Å²) in [6.07, 6.45) is 5.17. The van der Waals surface area contributed by atoms with Crippen LogP contribution in [0.5, 0.6) is 5.75 Å². The number of benzene rings is 1. The maximum absolute atomic E-state index is 12.1. The van der Waals surface area contributed by atoms with E-state index in [0.717, 1.165) is 36.8 Å². The van der Waals surface area contributed by atoms with Crippen molar-refractivity contribution >= 4 is 11.0 Å². The number of rotatable bonds is 7. The molecule has 0 amide bonds. The summed E-state index contributed by atoms with van der Waals surface area (Å²) in [7, 11) is 0. The third-order valence-electron chi connectivity index (χ3n) is 4.07. The topological polar surface area (TPSA) is 70.7 Å². The van der Waals surface area contributed by atoms with Gasteiger partial charge in [0.15, 0.2) is 0 Å². The Bertz CT molecular complexity index is 700. The van der Waals surface area contributed by atoms with Gasteiger partial charge < -0.3 is 14.6 Å². The third kappa shape index (κ3) is 3.50. The molecular weight excluding hydrogens is 280 g/mol. The van der Waals surface area contributed by atoms with Crippen LogP contribution < -0.4 is 5.63 Å². The molecule has 0 bridgehead atoms. The highest BCUT2D eigenvalue weighted by Gasteiger charge is 2.15. The Labute approximate surface area is 130 Å². The van der Waals surface area contributed by atoms with Crippen molar-refractivity contribution in [3.8, 4) is 5.75 Å². The fourth-order valence-corrected chi connectivity index (χ4v) is 2.85. The van der Waals surface area contributed by atoms with E-state index in [4.69, 9.17) is 9.52 Å². The molecule has 0 spiro atoms. The minimum Gasteiger partial charge on any atom is -0.507 e. The van der Waals surface area contributed by atoms with Crippen LogP contribution in [0.4, 0.5) is 0 Å². The first kappa shape index (κ1) is 16.6. The number of aryl methyl sites for hydroxylation is 2. The van der Waals surface area contributed by atoms with E-state index in [1.54, 1.807) is 6.07 Å². The number of phenolic OH excluding ortho intramolecular Hbond substituents is 1. The number of aliphatic hydroxyl groups is 1. The Balaban J connectivity index is 2.45. The molecule has 0 fully saturated rings. The normalized spacial score (nSPS) is 11.2. The van der Waals surface area contributed by atoms with Crippen molar-refractivity contribution in [2.75, 3.05) is 6.61 Å². The first-order valence-electron chi connectivity index (χ1n) is 7.97. The largest absolute Gasteiger partial charge is 0.507 e. The minimum atomic E-state index is -0.372. The summed E-state index contributed by atoms with van der Waals surface area (Å²) in [5.74, 6) is 0.162. The van der Waals surface area contributed by atoms with Gasteiger partial charge in [0.1, 0.15) is 11.3 Å². The van der Waals surface area contributed by atoms with Crippen LogP contribution in [0, 0.1) is 6.92 Å². The van der Waals surface area contributed by atoms with Gasteiger partial charge in [-0.3, -0.25) is 0 Å². The number of aliphatic hydroxyl groups excluding tert-OH is 1. The van der Waals surface area contributed by atoms with Gasteiger partial charge in [-0.25, -0.2) is 4.79 Å². The molecule has 120 valence electrons. The number of phenols is 1. The van der Waals surface area contributed by atoms with Crippen molar-refractivity contribution < 1.29 is 14.6 Å². The van der Waals surface area contributed by atoms with Crippen molar-refractivity contribution in [1.29, 1.82) is 0 Å². The zero-order valence-electron chi connectivity index (χ0n) is 13.3. The molecule has 2 aromatic rings. The summed E-state index contributed by atoms with van der Waals surface area (Å²) >= 11 is 0. The molecule has 4 nitrogen and oxygen atoms in total. The van der Waals surface area contributed by atoms with Gasteiger partial charge in [0, 0.05) is 12.2 Å². The average molecular weight is 304 g/mol. The van der Waals surface area contributed by atoms with E-state index in [-0.39, 0.29) is 18.0 Å². The van der Waals surface area contributed by atoms with Crippen LogP contribution in [0.25, 0.3) is 11.0 Å². The molecule has 0 aliphatic carbocycles. The second kappa shape index (κ2) is 7.45. The summed E-state index contributed by atoms with van der Waals surface area (Å²) in [6.45, 7) is 4.00. The van der Waals surface area contributed by atoms with Crippen LogP contribution in [-0.4, -0.2) is 16.8 Å². The molecule has 22 heavy (non-hydrogen) atoms. The standard InChI is InChI=1S/C18H24O4/c1-3-4-5-7-13-10-15(20)17-12(2)14(8-6-9-19)18(21)22-16(17)11-13/h10-11,19-20H,3-9H2,1-2H3. The molecule has 1 aromatic heterocycles. The van der Waals surface area contributed by atoms with Gasteiger partial charge in [-0.1, -0.05) is 19.8 Å². The number of fused-ring (bicyclic) bond motifs is 1. The van der Waals surface area contributed by atoms with Crippen molar-refractivity contribution in [1.82, 2.24) is 0 Å². The SMILES string of the molecule is CCCCCc1cc(O)c2c(C)c(CCCO)c(=O)oc2c1. The zero-order chi connectivity index (χ0) is 16.1. The summed E-state index contributed by atoms with van der Waals surface area (Å²) in [5, 5.41) is 19.9. The smallest absolute Gasteiger partial charge is 0.339 e. The van der Waals surface area contributed by atoms with Crippen molar-refractivity contribution in [3.05, 3.63) is 39.2 Å². The molecular formula is C18H24O4. The summed E-state index contributed by atoms with van der Waals surface area (Å²) in [4.78, 5) is 12.1. The highest BCUT2D eigenvalue weighted by molar-refractivity contribution is 5.87. The van der Waals surface area contributed by atoms with Crippen LogP contribution in [0.3, 0.4) is 0 Å². The molecule has 0 radical (unpaired) electrons. The summed E-state index contributed by atoms with van der Waals surface area (Å²) in [6, 6.07) is 3.62. The number of unbranched alkanes of at least 4 members (excludes halogenated alkanes) is 2. The fraction of sp³-hybridized carbons (Fsp3) is 0.500. The Morgan fingerprint density at radius 3 is 2.59 bits per heavy atom.